The van der Waals surface area contributed by atoms with Gasteiger partial charge in [0.1, 0.15) is 0 Å². The summed E-state index contributed by atoms with van der Waals surface area (Å²) < 4.78 is 0. The van der Waals surface area contributed by atoms with Crippen molar-refractivity contribution in [2.24, 2.45) is 5.92 Å². The van der Waals surface area contributed by atoms with Gasteiger partial charge in [-0.1, -0.05) is 13.8 Å². The molecule has 2 heteroatoms. The molecule has 0 saturated heterocycles. The molecule has 1 aliphatic rings. The molecule has 0 aromatic carbocycles. The van der Waals surface area contributed by atoms with Crippen LogP contribution < -0.4 is 0 Å². The van der Waals surface area contributed by atoms with Gasteiger partial charge in [0.15, 0.2) is 5.78 Å². The maximum absolute atomic E-state index is 11.2. The lowest BCUT2D eigenvalue weighted by Gasteiger charge is -2.31. The number of ketones is 1. The van der Waals surface area contributed by atoms with E-state index in [0.717, 1.165) is 13.0 Å². The van der Waals surface area contributed by atoms with Crippen molar-refractivity contribution in [3.8, 4) is 0 Å². The Kier molecular flexibility index (Phi) is 3.73. The van der Waals surface area contributed by atoms with Crippen LogP contribution in [0.25, 0.3) is 0 Å². The molecule has 0 atom stereocenters. The van der Waals surface area contributed by atoms with Crippen LogP contribution in [0.2, 0.25) is 0 Å². The fourth-order valence-corrected chi connectivity index (χ4v) is 1.86. The van der Waals surface area contributed by atoms with Crippen molar-refractivity contribution < 1.29 is 4.79 Å². The van der Waals surface area contributed by atoms with E-state index in [1.807, 2.05) is 6.08 Å². The second-order valence-corrected chi connectivity index (χ2v) is 4.74. The highest BCUT2D eigenvalue weighted by atomic mass is 16.1. The molecule has 0 bridgehead atoms. The van der Waals surface area contributed by atoms with Crippen molar-refractivity contribution in [1.29, 1.82) is 0 Å². The molecule has 80 valence electrons. The lowest BCUT2D eigenvalue weighted by Crippen LogP contribution is -2.32. The number of allylic oxidation sites excluding steroid dienone is 2. The van der Waals surface area contributed by atoms with Gasteiger partial charge in [0.2, 0.25) is 0 Å². The number of hydrogen-bond donors (Lipinski definition) is 0. The van der Waals surface area contributed by atoms with E-state index >= 15 is 0 Å². The monoisotopic (exact) mass is 195 g/mol. The molecule has 2 nitrogen and oxygen atoms in total. The minimum atomic E-state index is 0.286. The predicted molar refractivity (Wildman–Crippen MR) is 59.0 cm³/mol. The Bertz CT molecular complexity index is 241. The molecule has 0 aromatic heterocycles. The first kappa shape index (κ1) is 11.3. The Morgan fingerprint density at radius 1 is 1.29 bits per heavy atom. The van der Waals surface area contributed by atoms with E-state index in [2.05, 4.69) is 32.6 Å². The van der Waals surface area contributed by atoms with E-state index in [1.54, 1.807) is 0 Å². The molecule has 0 unspecified atom stereocenters. The number of carbonyl (C=O) groups excluding carboxylic acids is 1. The fraction of sp³-hybridized carbons (Fsp3) is 0.750. The van der Waals surface area contributed by atoms with E-state index in [0.29, 0.717) is 18.4 Å². The van der Waals surface area contributed by atoms with E-state index in [9.17, 15) is 4.79 Å². The van der Waals surface area contributed by atoms with Crippen LogP contribution >= 0.6 is 0 Å². The summed E-state index contributed by atoms with van der Waals surface area (Å²) in [6.45, 7) is 9.86. The van der Waals surface area contributed by atoms with Gasteiger partial charge in [-0.2, -0.15) is 0 Å². The minimum Gasteiger partial charge on any atom is -0.372 e. The van der Waals surface area contributed by atoms with Crippen LogP contribution in [0.1, 0.15) is 40.5 Å². The summed E-state index contributed by atoms with van der Waals surface area (Å²) in [5, 5.41) is 0. The number of rotatable bonds is 4. The molecule has 0 radical (unpaired) electrons. The topological polar surface area (TPSA) is 20.3 Å². The average molecular weight is 195 g/mol. The predicted octanol–water partition coefficient (Wildman–Crippen LogP) is 2.60. The van der Waals surface area contributed by atoms with Gasteiger partial charge < -0.3 is 4.90 Å². The van der Waals surface area contributed by atoms with Crippen LogP contribution in [0, 0.1) is 5.92 Å². The molecule has 0 saturated carbocycles. The summed E-state index contributed by atoms with van der Waals surface area (Å²) in [6.07, 6.45) is 3.46. The average Bonchev–Trinajstić information content (AvgIpc) is 2.46. The van der Waals surface area contributed by atoms with E-state index in [4.69, 9.17) is 0 Å². The van der Waals surface area contributed by atoms with Crippen LogP contribution in [0.15, 0.2) is 11.8 Å². The number of carbonyl (C=O) groups is 1. The van der Waals surface area contributed by atoms with Crippen molar-refractivity contribution in [3.05, 3.63) is 11.8 Å². The van der Waals surface area contributed by atoms with Gasteiger partial charge in [-0.3, -0.25) is 4.79 Å². The summed E-state index contributed by atoms with van der Waals surface area (Å²) in [5.74, 6) is 0.934. The molecule has 0 spiro atoms. The Balaban J connectivity index is 2.68. The second-order valence-electron chi connectivity index (χ2n) is 4.74. The van der Waals surface area contributed by atoms with Crippen molar-refractivity contribution >= 4 is 5.78 Å². The standard InChI is InChI=1S/C12H21NO/c1-9(2)8-13(10(3)4)11-5-6-12(14)7-11/h7,9-10H,5-6,8H2,1-4H3. The summed E-state index contributed by atoms with van der Waals surface area (Å²) >= 11 is 0. The molecule has 1 rings (SSSR count). The summed E-state index contributed by atoms with van der Waals surface area (Å²) in [4.78, 5) is 13.5. The smallest absolute Gasteiger partial charge is 0.157 e. The molecule has 0 N–H and O–H groups in total. The minimum absolute atomic E-state index is 0.286. The van der Waals surface area contributed by atoms with Crippen molar-refractivity contribution in [3.63, 3.8) is 0 Å². The Morgan fingerprint density at radius 3 is 2.29 bits per heavy atom. The lowest BCUT2D eigenvalue weighted by molar-refractivity contribution is -0.114. The van der Waals surface area contributed by atoms with Crippen LogP contribution in [0.5, 0.6) is 0 Å². The van der Waals surface area contributed by atoms with E-state index < -0.39 is 0 Å². The van der Waals surface area contributed by atoms with Crippen LogP contribution in [0.3, 0.4) is 0 Å². The maximum Gasteiger partial charge on any atom is 0.157 e. The first-order chi connectivity index (χ1) is 6.50. The third-order valence-corrected chi connectivity index (χ3v) is 2.51. The molecule has 0 heterocycles. The Morgan fingerprint density at radius 2 is 1.93 bits per heavy atom. The number of hydrogen-bond acceptors (Lipinski definition) is 2. The molecule has 0 fully saturated rings. The van der Waals surface area contributed by atoms with Gasteiger partial charge in [-0.25, -0.2) is 0 Å². The van der Waals surface area contributed by atoms with Crippen molar-refractivity contribution in [2.45, 2.75) is 46.6 Å². The summed E-state index contributed by atoms with van der Waals surface area (Å²) in [6, 6.07) is 0.495. The van der Waals surface area contributed by atoms with Gasteiger partial charge in [0, 0.05) is 30.8 Å². The van der Waals surface area contributed by atoms with Crippen molar-refractivity contribution in [2.75, 3.05) is 6.54 Å². The zero-order valence-corrected chi connectivity index (χ0v) is 9.71. The normalized spacial score (nSPS) is 16.7. The first-order valence-electron chi connectivity index (χ1n) is 5.50. The van der Waals surface area contributed by atoms with Gasteiger partial charge in [-0.15, -0.1) is 0 Å². The highest BCUT2D eigenvalue weighted by Gasteiger charge is 2.20. The van der Waals surface area contributed by atoms with Gasteiger partial charge in [-0.05, 0) is 26.2 Å². The number of nitrogens with zero attached hydrogens (tertiary/aromatic N) is 1. The zero-order valence-electron chi connectivity index (χ0n) is 9.71. The van der Waals surface area contributed by atoms with E-state index in [1.165, 1.54) is 5.70 Å². The van der Waals surface area contributed by atoms with Crippen LogP contribution in [-0.2, 0) is 4.79 Å². The molecule has 0 amide bonds. The third kappa shape index (κ3) is 2.86. The van der Waals surface area contributed by atoms with Gasteiger partial charge in [0.05, 0.1) is 0 Å². The Hall–Kier alpha value is -0.790. The van der Waals surface area contributed by atoms with Crippen molar-refractivity contribution in [1.82, 2.24) is 4.90 Å². The second kappa shape index (κ2) is 4.63. The van der Waals surface area contributed by atoms with Crippen LogP contribution in [0.4, 0.5) is 0 Å². The summed E-state index contributed by atoms with van der Waals surface area (Å²) in [5.41, 5.74) is 1.23. The fourth-order valence-electron chi connectivity index (χ4n) is 1.86. The molecule has 0 aliphatic heterocycles. The third-order valence-electron chi connectivity index (χ3n) is 2.51. The quantitative estimate of drug-likeness (QED) is 0.687. The molecule has 1 aliphatic carbocycles. The highest BCUT2D eigenvalue weighted by Crippen LogP contribution is 2.22. The van der Waals surface area contributed by atoms with Gasteiger partial charge >= 0.3 is 0 Å². The summed E-state index contributed by atoms with van der Waals surface area (Å²) in [7, 11) is 0. The largest absolute Gasteiger partial charge is 0.372 e. The van der Waals surface area contributed by atoms with Crippen LogP contribution in [-0.4, -0.2) is 23.3 Å². The lowest BCUT2D eigenvalue weighted by atomic mass is 10.1. The maximum atomic E-state index is 11.2. The Labute approximate surface area is 87.0 Å². The molecular weight excluding hydrogens is 174 g/mol. The highest BCUT2D eigenvalue weighted by molar-refractivity contribution is 5.92. The SMILES string of the molecule is CC(C)CN(C1=CC(=O)CC1)C(C)C. The zero-order chi connectivity index (χ0) is 10.7. The molecule has 14 heavy (non-hydrogen) atoms. The van der Waals surface area contributed by atoms with Gasteiger partial charge in [0.25, 0.3) is 0 Å². The molecule has 0 aromatic rings. The van der Waals surface area contributed by atoms with E-state index in [-0.39, 0.29) is 5.78 Å². The first-order valence-corrected chi connectivity index (χ1v) is 5.50. The molecular formula is C12H21NO.